The van der Waals surface area contributed by atoms with Crippen LogP contribution in [0.15, 0.2) is 34.8 Å². The minimum absolute atomic E-state index is 0.0273. The molecule has 15 heavy (non-hydrogen) atoms. The first-order valence-corrected chi connectivity index (χ1v) is 5.25. The van der Waals surface area contributed by atoms with Crippen LogP contribution >= 0.6 is 15.9 Å². The first kappa shape index (κ1) is 12.3. The van der Waals surface area contributed by atoms with Crippen molar-refractivity contribution in [3.05, 3.63) is 40.4 Å². The molecule has 0 nitrogen and oxygen atoms in total. The summed E-state index contributed by atoms with van der Waals surface area (Å²) in [5.41, 5.74) is 0.903. The van der Waals surface area contributed by atoms with Crippen molar-refractivity contribution in [2.24, 2.45) is 0 Å². The summed E-state index contributed by atoms with van der Waals surface area (Å²) in [7, 11) is 0. The van der Waals surface area contributed by atoms with E-state index in [1.165, 1.54) is 6.08 Å². The number of hydrogen-bond acceptors (Lipinski definition) is 0. The molecule has 0 aliphatic carbocycles. The van der Waals surface area contributed by atoms with Crippen LogP contribution < -0.4 is 0 Å². The van der Waals surface area contributed by atoms with Crippen molar-refractivity contribution in [2.75, 3.05) is 0 Å². The zero-order chi connectivity index (χ0) is 11.3. The van der Waals surface area contributed by atoms with Crippen LogP contribution in [0, 0.1) is 0 Å². The van der Waals surface area contributed by atoms with Crippen LogP contribution in [0.5, 0.6) is 0 Å². The molecule has 0 N–H and O–H groups in total. The fraction of sp³-hybridized carbons (Fsp3) is 0.273. The van der Waals surface area contributed by atoms with Crippen molar-refractivity contribution in [1.29, 1.82) is 0 Å². The highest BCUT2D eigenvalue weighted by molar-refractivity contribution is 9.10. The molecule has 82 valence electrons. The first-order valence-electron chi connectivity index (χ1n) is 4.46. The molecule has 0 aliphatic rings. The van der Waals surface area contributed by atoms with Gasteiger partial charge in [0.2, 0.25) is 0 Å². The van der Waals surface area contributed by atoms with Gasteiger partial charge in [0.1, 0.15) is 0 Å². The summed E-state index contributed by atoms with van der Waals surface area (Å²) < 4.78 is 36.3. The maximum atomic E-state index is 11.8. The summed E-state index contributed by atoms with van der Waals surface area (Å²) in [6, 6.07) is 7.38. The Morgan fingerprint density at radius 2 is 1.73 bits per heavy atom. The first-order chi connectivity index (χ1) is 6.97. The molecule has 0 aliphatic heterocycles. The fourth-order valence-electron chi connectivity index (χ4n) is 1.04. The highest BCUT2D eigenvalue weighted by Crippen LogP contribution is 2.21. The lowest BCUT2D eigenvalue weighted by Gasteiger charge is -2.01. The molecule has 0 aromatic heterocycles. The van der Waals surface area contributed by atoms with Gasteiger partial charge >= 0.3 is 6.18 Å². The van der Waals surface area contributed by atoms with Gasteiger partial charge in [-0.15, -0.1) is 0 Å². The number of hydrogen-bond donors (Lipinski definition) is 0. The van der Waals surface area contributed by atoms with Crippen LogP contribution in [0.3, 0.4) is 0 Å². The van der Waals surface area contributed by atoms with E-state index in [2.05, 4.69) is 15.9 Å². The lowest BCUT2D eigenvalue weighted by atomic mass is 10.2. The van der Waals surface area contributed by atoms with Crippen molar-refractivity contribution in [3.8, 4) is 0 Å². The normalized spacial score (nSPS) is 12.3. The molecule has 0 unspecified atom stereocenters. The van der Waals surface area contributed by atoms with Gasteiger partial charge in [-0.3, -0.25) is 0 Å². The summed E-state index contributed by atoms with van der Waals surface area (Å²) in [4.78, 5) is 0. The van der Waals surface area contributed by atoms with Gasteiger partial charge in [-0.25, -0.2) is 0 Å². The maximum Gasteiger partial charge on any atom is 0.389 e. The van der Waals surface area contributed by atoms with Crippen LogP contribution in [0.25, 0.3) is 6.08 Å². The second-order valence-electron chi connectivity index (χ2n) is 3.11. The third-order valence-electron chi connectivity index (χ3n) is 1.77. The third-order valence-corrected chi connectivity index (χ3v) is 2.30. The van der Waals surface area contributed by atoms with Gasteiger partial charge in [0.05, 0.1) is 0 Å². The second kappa shape index (κ2) is 5.35. The zero-order valence-corrected chi connectivity index (χ0v) is 9.48. The zero-order valence-electron chi connectivity index (χ0n) is 7.89. The quantitative estimate of drug-likeness (QED) is 0.745. The fourth-order valence-corrected chi connectivity index (χ4v) is 1.30. The Morgan fingerprint density at radius 1 is 1.13 bits per heavy atom. The van der Waals surface area contributed by atoms with Gasteiger partial charge in [0.15, 0.2) is 0 Å². The van der Waals surface area contributed by atoms with Gasteiger partial charge in [-0.1, -0.05) is 40.2 Å². The van der Waals surface area contributed by atoms with E-state index in [1.54, 1.807) is 6.08 Å². The van der Waals surface area contributed by atoms with E-state index in [1.807, 2.05) is 24.3 Å². The Balaban J connectivity index is 2.42. The third kappa shape index (κ3) is 5.62. The molecular formula is C11H10BrF3. The van der Waals surface area contributed by atoms with Gasteiger partial charge in [-0.2, -0.15) is 13.2 Å². The molecule has 0 bridgehead atoms. The molecule has 0 amide bonds. The van der Waals surface area contributed by atoms with Crippen LogP contribution in [0.1, 0.15) is 18.4 Å². The Labute approximate surface area is 94.9 Å². The predicted octanol–water partition coefficient (Wildman–Crippen LogP) is 4.80. The number of halogens is 4. The minimum Gasteiger partial charge on any atom is -0.171 e. The molecule has 4 heteroatoms. The minimum atomic E-state index is -4.07. The van der Waals surface area contributed by atoms with Crippen LogP contribution in [-0.4, -0.2) is 6.18 Å². The SMILES string of the molecule is FC(F)(F)CCC=Cc1ccc(Br)cc1. The number of rotatable bonds is 3. The van der Waals surface area contributed by atoms with Crippen LogP contribution in [-0.2, 0) is 0 Å². The molecular weight excluding hydrogens is 269 g/mol. The average Bonchev–Trinajstić information content (AvgIpc) is 2.14. The second-order valence-corrected chi connectivity index (χ2v) is 4.02. The standard InChI is InChI=1S/C11H10BrF3/c12-10-6-4-9(5-7-10)3-1-2-8-11(13,14)15/h1,3-7H,2,8H2. The molecule has 0 saturated carbocycles. The van der Waals surface area contributed by atoms with Crippen LogP contribution in [0.4, 0.5) is 13.2 Å². The highest BCUT2D eigenvalue weighted by atomic mass is 79.9. The highest BCUT2D eigenvalue weighted by Gasteiger charge is 2.25. The van der Waals surface area contributed by atoms with Crippen molar-refractivity contribution in [1.82, 2.24) is 0 Å². The number of alkyl halides is 3. The maximum absolute atomic E-state index is 11.8. The van der Waals surface area contributed by atoms with Crippen molar-refractivity contribution in [2.45, 2.75) is 19.0 Å². The topological polar surface area (TPSA) is 0 Å². The Kier molecular flexibility index (Phi) is 4.39. The lowest BCUT2D eigenvalue weighted by Crippen LogP contribution is -2.05. The summed E-state index contributed by atoms with van der Waals surface area (Å²) in [6.07, 6.45) is -1.57. The average molecular weight is 279 g/mol. The molecule has 0 spiro atoms. The van der Waals surface area contributed by atoms with E-state index in [0.29, 0.717) is 0 Å². The van der Waals surface area contributed by atoms with E-state index in [9.17, 15) is 13.2 Å². The Morgan fingerprint density at radius 3 is 2.27 bits per heavy atom. The monoisotopic (exact) mass is 278 g/mol. The number of benzene rings is 1. The van der Waals surface area contributed by atoms with Crippen LogP contribution in [0.2, 0.25) is 0 Å². The Bertz CT molecular complexity index is 325. The van der Waals surface area contributed by atoms with E-state index in [0.717, 1.165) is 10.0 Å². The van der Waals surface area contributed by atoms with Gasteiger partial charge in [0, 0.05) is 10.9 Å². The molecule has 0 saturated heterocycles. The Hall–Kier alpha value is -0.770. The predicted molar refractivity (Wildman–Crippen MR) is 58.5 cm³/mol. The van der Waals surface area contributed by atoms with Crippen molar-refractivity contribution < 1.29 is 13.2 Å². The van der Waals surface area contributed by atoms with E-state index < -0.39 is 12.6 Å². The summed E-state index contributed by atoms with van der Waals surface area (Å²) in [5.74, 6) is 0. The lowest BCUT2D eigenvalue weighted by molar-refractivity contribution is -0.133. The van der Waals surface area contributed by atoms with E-state index >= 15 is 0 Å². The van der Waals surface area contributed by atoms with E-state index in [4.69, 9.17) is 0 Å². The molecule has 0 heterocycles. The van der Waals surface area contributed by atoms with Gasteiger partial charge in [0.25, 0.3) is 0 Å². The molecule has 0 fully saturated rings. The number of allylic oxidation sites excluding steroid dienone is 1. The van der Waals surface area contributed by atoms with E-state index in [-0.39, 0.29) is 6.42 Å². The molecule has 0 atom stereocenters. The smallest absolute Gasteiger partial charge is 0.171 e. The molecule has 0 radical (unpaired) electrons. The summed E-state index contributed by atoms with van der Waals surface area (Å²) >= 11 is 3.28. The summed E-state index contributed by atoms with van der Waals surface area (Å²) in [5, 5.41) is 0. The molecule has 1 aromatic carbocycles. The largest absolute Gasteiger partial charge is 0.389 e. The van der Waals surface area contributed by atoms with Gasteiger partial charge in [-0.05, 0) is 24.1 Å². The van der Waals surface area contributed by atoms with Gasteiger partial charge < -0.3 is 0 Å². The molecule has 1 rings (SSSR count). The molecule has 1 aromatic rings. The van der Waals surface area contributed by atoms with Crippen molar-refractivity contribution >= 4 is 22.0 Å². The van der Waals surface area contributed by atoms with Crippen molar-refractivity contribution in [3.63, 3.8) is 0 Å². The summed E-state index contributed by atoms with van der Waals surface area (Å²) in [6.45, 7) is 0.